The number of hydrogen-bond acceptors (Lipinski definition) is 5. The number of nitrogens with zero attached hydrogens (tertiary/aromatic N) is 1. The molecule has 25 heavy (non-hydrogen) atoms. The first-order valence-corrected chi connectivity index (χ1v) is 10.8. The molecule has 0 bridgehead atoms. The highest BCUT2D eigenvalue weighted by atomic mass is 79.9. The molecule has 2 atom stereocenters. The number of aliphatic carboxylic acids is 1. The molecule has 140 valence electrons. The number of carboxylic acid groups (broad SMARTS) is 1. The van der Waals surface area contributed by atoms with Crippen LogP contribution in [0.3, 0.4) is 0 Å². The summed E-state index contributed by atoms with van der Waals surface area (Å²) in [5, 5.41) is 17.6. The number of carboxylic acids is 1. The molecule has 1 aromatic rings. The van der Waals surface area contributed by atoms with Crippen LogP contribution >= 0.6 is 23.3 Å². The molecule has 0 amide bonds. The zero-order valence-electron chi connectivity index (χ0n) is 13.9. The van der Waals surface area contributed by atoms with Crippen molar-refractivity contribution in [2.24, 2.45) is 5.73 Å². The zero-order valence-corrected chi connectivity index (χ0v) is 16.4. The number of rotatable bonds is 7. The molecule has 1 saturated heterocycles. The Kier molecular flexibility index (Phi) is 6.68. The summed E-state index contributed by atoms with van der Waals surface area (Å²) in [5.74, 6) is -1.08. The Morgan fingerprint density at radius 2 is 2.12 bits per heavy atom. The molecule has 2 rings (SSSR count). The molecule has 1 aliphatic rings. The van der Waals surface area contributed by atoms with E-state index in [1.165, 1.54) is 0 Å². The predicted octanol–water partition coefficient (Wildman–Crippen LogP) is 2.19. The second kappa shape index (κ2) is 8.18. The molecule has 9 heteroatoms. The fourth-order valence-corrected chi connectivity index (χ4v) is 5.93. The topological polar surface area (TPSA) is 124 Å². The third kappa shape index (κ3) is 4.44. The molecule has 7 nitrogen and oxygen atoms in total. The van der Waals surface area contributed by atoms with Crippen LogP contribution in [0.15, 0.2) is 22.7 Å². The van der Waals surface area contributed by atoms with Gasteiger partial charge < -0.3 is 20.8 Å². The van der Waals surface area contributed by atoms with Crippen molar-refractivity contribution in [2.75, 3.05) is 25.8 Å². The van der Waals surface area contributed by atoms with Crippen LogP contribution in [-0.4, -0.2) is 56.9 Å². The lowest BCUT2D eigenvalue weighted by molar-refractivity contribution is -0.141. The van der Waals surface area contributed by atoms with Gasteiger partial charge in [-0.05, 0) is 37.1 Å². The van der Waals surface area contributed by atoms with Crippen LogP contribution in [0.4, 0.5) is 0 Å². The number of phenolic OH excluding ortho intramolecular Hbond substituents is 1. The Labute approximate surface area is 155 Å². The van der Waals surface area contributed by atoms with E-state index in [0.29, 0.717) is 36.9 Å². The van der Waals surface area contributed by atoms with Gasteiger partial charge in [0, 0.05) is 30.3 Å². The van der Waals surface area contributed by atoms with Crippen molar-refractivity contribution in [3.63, 3.8) is 0 Å². The molecule has 0 spiro atoms. The fourth-order valence-electron chi connectivity index (χ4n) is 3.23. The van der Waals surface area contributed by atoms with Crippen molar-refractivity contribution in [3.05, 3.63) is 28.2 Å². The largest absolute Gasteiger partial charge is 0.508 e. The number of halogens is 1. The molecule has 2 unspecified atom stereocenters. The van der Waals surface area contributed by atoms with Gasteiger partial charge in [0.2, 0.25) is 7.37 Å². The molecule has 0 radical (unpaired) electrons. The summed E-state index contributed by atoms with van der Waals surface area (Å²) in [6.45, 7) is 1.24. The van der Waals surface area contributed by atoms with E-state index >= 15 is 0 Å². The molecular weight excluding hydrogens is 411 g/mol. The summed E-state index contributed by atoms with van der Waals surface area (Å²) in [4.78, 5) is 24.3. The van der Waals surface area contributed by atoms with E-state index in [0.717, 1.165) is 5.56 Å². The van der Waals surface area contributed by atoms with Crippen LogP contribution in [0.5, 0.6) is 5.75 Å². The Bertz CT molecular complexity index is 686. The number of hydrogen-bond donors (Lipinski definition) is 4. The first-order valence-electron chi connectivity index (χ1n) is 8.17. The average molecular weight is 435 g/mol. The maximum atomic E-state index is 12.7. The normalized spacial score (nSPS) is 27.3. The van der Waals surface area contributed by atoms with Gasteiger partial charge in [-0.25, -0.2) is 0 Å². The minimum Gasteiger partial charge on any atom is -0.508 e. The number of unbranched alkanes of at least 4 members (excludes halogenated alkanes) is 1. The van der Waals surface area contributed by atoms with Crippen LogP contribution in [-0.2, 0) is 15.9 Å². The Hall–Kier alpha value is -0.920. The van der Waals surface area contributed by atoms with Gasteiger partial charge in [-0.1, -0.05) is 28.4 Å². The number of aromatic hydroxyl groups is 1. The predicted molar refractivity (Wildman–Crippen MR) is 99.0 cm³/mol. The lowest BCUT2D eigenvalue weighted by atomic mass is 9.99. The van der Waals surface area contributed by atoms with Crippen LogP contribution in [0.1, 0.15) is 24.8 Å². The van der Waals surface area contributed by atoms with Crippen LogP contribution in [0, 0.1) is 0 Å². The number of benzene rings is 1. The van der Waals surface area contributed by atoms with Gasteiger partial charge in [0.1, 0.15) is 5.75 Å². The molecule has 0 aliphatic carbocycles. The van der Waals surface area contributed by atoms with Gasteiger partial charge in [-0.15, -0.1) is 0 Å². The second-order valence-electron chi connectivity index (χ2n) is 6.49. The minimum absolute atomic E-state index is 0.0218. The molecular formula is C16H24BrN2O5P. The smallest absolute Gasteiger partial charge is 0.320 e. The quantitative estimate of drug-likeness (QED) is 0.382. The first kappa shape index (κ1) is 20.4. The van der Waals surface area contributed by atoms with E-state index in [1.807, 2.05) is 4.90 Å². The van der Waals surface area contributed by atoms with E-state index in [4.69, 9.17) is 5.73 Å². The van der Waals surface area contributed by atoms with Gasteiger partial charge in [0.05, 0.1) is 0 Å². The third-order valence-electron chi connectivity index (χ3n) is 4.75. The maximum Gasteiger partial charge on any atom is 0.320 e. The van der Waals surface area contributed by atoms with Gasteiger partial charge >= 0.3 is 5.97 Å². The molecule has 1 aromatic carbocycles. The summed E-state index contributed by atoms with van der Waals surface area (Å²) < 4.78 is 13.4. The summed E-state index contributed by atoms with van der Waals surface area (Å²) in [6, 6.07) is 4.89. The standard InChI is InChI=1S/C16H24BrN2O5P/c17-14-9-13(20)4-3-12(14)10-19-7-8-25(23,24)16(11-19,15(21)22)5-1-2-6-18/h3-4,9,20H,1-2,5-8,10-11,18H2,(H,21,22)(H,23,24). The zero-order chi connectivity index (χ0) is 18.7. The number of phenols is 1. The van der Waals surface area contributed by atoms with Crippen molar-refractivity contribution in [1.29, 1.82) is 0 Å². The highest BCUT2D eigenvalue weighted by Gasteiger charge is 2.56. The summed E-state index contributed by atoms with van der Waals surface area (Å²) >= 11 is 3.38. The molecule has 0 saturated carbocycles. The highest BCUT2D eigenvalue weighted by Crippen LogP contribution is 2.59. The van der Waals surface area contributed by atoms with E-state index in [1.54, 1.807) is 18.2 Å². The number of carbonyl (C=O) groups is 1. The van der Waals surface area contributed by atoms with E-state index < -0.39 is 18.5 Å². The Morgan fingerprint density at radius 3 is 2.72 bits per heavy atom. The molecule has 1 heterocycles. The van der Waals surface area contributed by atoms with E-state index in [2.05, 4.69) is 15.9 Å². The van der Waals surface area contributed by atoms with Crippen molar-refractivity contribution in [2.45, 2.75) is 31.0 Å². The van der Waals surface area contributed by atoms with Crippen LogP contribution in [0.2, 0.25) is 0 Å². The first-order chi connectivity index (χ1) is 11.7. The van der Waals surface area contributed by atoms with Crippen molar-refractivity contribution in [3.8, 4) is 5.75 Å². The summed E-state index contributed by atoms with van der Waals surface area (Å²) in [6.07, 6.45) is 1.22. The lowest BCUT2D eigenvalue weighted by Gasteiger charge is -2.43. The fraction of sp³-hybridized carbons (Fsp3) is 0.562. The highest BCUT2D eigenvalue weighted by molar-refractivity contribution is 9.10. The van der Waals surface area contributed by atoms with E-state index in [-0.39, 0.29) is 24.9 Å². The Balaban J connectivity index is 2.23. The maximum absolute atomic E-state index is 12.7. The Morgan fingerprint density at radius 1 is 1.40 bits per heavy atom. The minimum atomic E-state index is -3.82. The van der Waals surface area contributed by atoms with Crippen LogP contribution < -0.4 is 5.73 Å². The molecule has 1 fully saturated rings. The molecule has 0 aromatic heterocycles. The van der Waals surface area contributed by atoms with Gasteiger partial charge in [0.25, 0.3) is 0 Å². The molecule has 5 N–H and O–H groups in total. The van der Waals surface area contributed by atoms with Gasteiger partial charge in [-0.3, -0.25) is 14.3 Å². The van der Waals surface area contributed by atoms with Crippen molar-refractivity contribution >= 4 is 29.3 Å². The molecule has 1 aliphatic heterocycles. The third-order valence-corrected chi connectivity index (χ3v) is 8.18. The second-order valence-corrected chi connectivity index (χ2v) is 10.1. The average Bonchev–Trinajstić information content (AvgIpc) is 2.53. The summed E-state index contributed by atoms with van der Waals surface area (Å²) in [5.41, 5.74) is 6.36. The van der Waals surface area contributed by atoms with Gasteiger partial charge in [-0.2, -0.15) is 0 Å². The number of nitrogens with two attached hydrogens (primary N) is 1. The van der Waals surface area contributed by atoms with Crippen molar-refractivity contribution < 1.29 is 24.5 Å². The van der Waals surface area contributed by atoms with E-state index in [9.17, 15) is 24.5 Å². The van der Waals surface area contributed by atoms with Crippen molar-refractivity contribution in [1.82, 2.24) is 4.90 Å². The summed E-state index contributed by atoms with van der Waals surface area (Å²) in [7, 11) is -3.82. The SMILES string of the molecule is NCCCCC1(C(=O)O)CN(Cc2ccc(O)cc2Br)CCP1(=O)O. The van der Waals surface area contributed by atoms with Gasteiger partial charge in [0.15, 0.2) is 5.16 Å². The van der Waals surface area contributed by atoms with Crippen LogP contribution in [0.25, 0.3) is 0 Å². The lowest BCUT2D eigenvalue weighted by Crippen LogP contribution is -2.53. The monoisotopic (exact) mass is 434 g/mol.